The number of nitrogens with zero attached hydrogens (tertiary/aromatic N) is 3. The normalized spacial score (nSPS) is 23.1. The van der Waals surface area contributed by atoms with E-state index >= 15 is 0 Å². The number of thiazole rings is 1. The zero-order chi connectivity index (χ0) is 17.9. The summed E-state index contributed by atoms with van der Waals surface area (Å²) in [6.45, 7) is 5.38. The van der Waals surface area contributed by atoms with Gasteiger partial charge in [0.25, 0.3) is 6.01 Å². The van der Waals surface area contributed by atoms with Crippen molar-refractivity contribution in [1.82, 2.24) is 15.3 Å². The van der Waals surface area contributed by atoms with Crippen molar-refractivity contribution < 1.29 is 9.52 Å². The Morgan fingerprint density at radius 1 is 1.27 bits per heavy atom. The van der Waals surface area contributed by atoms with Crippen LogP contribution in [0.2, 0.25) is 0 Å². The first-order chi connectivity index (χ1) is 12.5. The quantitative estimate of drug-likeness (QED) is 0.738. The van der Waals surface area contributed by atoms with Gasteiger partial charge in [0.05, 0.1) is 11.2 Å². The van der Waals surface area contributed by atoms with E-state index in [0.29, 0.717) is 23.7 Å². The maximum Gasteiger partial charge on any atom is 0.298 e. The van der Waals surface area contributed by atoms with E-state index in [-0.39, 0.29) is 0 Å². The van der Waals surface area contributed by atoms with E-state index < -0.39 is 5.60 Å². The van der Waals surface area contributed by atoms with Gasteiger partial charge in [-0.3, -0.25) is 0 Å². The van der Waals surface area contributed by atoms with E-state index in [9.17, 15) is 5.11 Å². The van der Waals surface area contributed by atoms with Crippen LogP contribution in [-0.2, 0) is 5.60 Å². The molecule has 136 valence electrons. The molecule has 0 saturated carbocycles. The van der Waals surface area contributed by atoms with Crippen LogP contribution in [0.15, 0.2) is 28.1 Å². The van der Waals surface area contributed by atoms with E-state index in [0.717, 1.165) is 34.7 Å². The van der Waals surface area contributed by atoms with Crippen LogP contribution < -0.4 is 10.2 Å². The number of fused-ring (bicyclic) bond motifs is 3. The number of hydrogen-bond acceptors (Lipinski definition) is 7. The Kier molecular flexibility index (Phi) is 3.60. The number of oxazole rings is 1. The molecule has 0 amide bonds. The van der Waals surface area contributed by atoms with Crippen LogP contribution in [0.3, 0.4) is 0 Å². The minimum Gasteiger partial charge on any atom is -0.423 e. The maximum absolute atomic E-state index is 10.6. The first-order valence-electron chi connectivity index (χ1n) is 9.06. The summed E-state index contributed by atoms with van der Waals surface area (Å²) in [7, 11) is 0. The summed E-state index contributed by atoms with van der Waals surface area (Å²) in [5, 5.41) is 17.1. The fraction of sp³-hybridized carbons (Fsp3) is 0.474. The van der Waals surface area contributed by atoms with Crippen molar-refractivity contribution in [2.24, 2.45) is 0 Å². The monoisotopic (exact) mass is 370 g/mol. The lowest BCUT2D eigenvalue weighted by Gasteiger charge is -2.31. The molecule has 4 heterocycles. The van der Waals surface area contributed by atoms with Crippen LogP contribution >= 0.6 is 11.3 Å². The molecule has 2 saturated heterocycles. The molecular weight excluding hydrogens is 348 g/mol. The molecule has 0 spiro atoms. The lowest BCUT2D eigenvalue weighted by Crippen LogP contribution is -2.51. The minimum absolute atomic E-state index is 0.510. The Labute approximate surface area is 155 Å². The van der Waals surface area contributed by atoms with Crippen molar-refractivity contribution >= 4 is 28.5 Å². The van der Waals surface area contributed by atoms with Gasteiger partial charge < -0.3 is 19.7 Å². The van der Waals surface area contributed by atoms with Gasteiger partial charge in [0.1, 0.15) is 10.5 Å². The number of aliphatic hydroxyl groups is 1. The second-order valence-electron chi connectivity index (χ2n) is 7.77. The van der Waals surface area contributed by atoms with Gasteiger partial charge in [-0.15, -0.1) is 11.3 Å². The molecule has 2 atom stereocenters. The molecule has 2 N–H and O–H groups in total. The number of anilines is 1. The van der Waals surface area contributed by atoms with Gasteiger partial charge in [-0.05, 0) is 32.8 Å². The molecule has 3 aromatic rings. The molecule has 26 heavy (non-hydrogen) atoms. The topological polar surface area (TPSA) is 74.4 Å². The Bertz CT molecular complexity index is 933. The highest BCUT2D eigenvalue weighted by Gasteiger charge is 2.35. The summed E-state index contributed by atoms with van der Waals surface area (Å²) in [5.41, 5.74) is 2.16. The van der Waals surface area contributed by atoms with Crippen LogP contribution in [0, 0.1) is 0 Å². The average molecular weight is 370 g/mol. The molecule has 0 aliphatic carbocycles. The largest absolute Gasteiger partial charge is 0.423 e. The van der Waals surface area contributed by atoms with Gasteiger partial charge >= 0.3 is 0 Å². The van der Waals surface area contributed by atoms with Gasteiger partial charge in [0.2, 0.25) is 0 Å². The van der Waals surface area contributed by atoms with E-state index in [1.54, 1.807) is 31.4 Å². The summed E-state index contributed by atoms with van der Waals surface area (Å²) in [4.78, 5) is 11.5. The smallest absolute Gasteiger partial charge is 0.298 e. The van der Waals surface area contributed by atoms with Crippen LogP contribution in [0.4, 0.5) is 6.01 Å². The molecule has 5 rings (SSSR count). The third-order valence-corrected chi connectivity index (χ3v) is 6.15. The molecule has 1 aromatic carbocycles. The van der Waals surface area contributed by atoms with Crippen LogP contribution in [0.25, 0.3) is 21.7 Å². The predicted octanol–water partition coefficient (Wildman–Crippen LogP) is 3.12. The highest BCUT2D eigenvalue weighted by Crippen LogP contribution is 2.38. The first-order valence-corrected chi connectivity index (χ1v) is 9.94. The van der Waals surface area contributed by atoms with Gasteiger partial charge in [0.15, 0.2) is 5.58 Å². The van der Waals surface area contributed by atoms with Gasteiger partial charge in [-0.1, -0.05) is 6.07 Å². The summed E-state index contributed by atoms with van der Waals surface area (Å²) in [5.74, 6) is 0. The Balaban J connectivity index is 1.66. The Hall–Kier alpha value is -1.96. The van der Waals surface area contributed by atoms with Crippen molar-refractivity contribution in [3.05, 3.63) is 29.3 Å². The third-order valence-electron chi connectivity index (χ3n) is 5.34. The van der Waals surface area contributed by atoms with Gasteiger partial charge in [0, 0.05) is 42.3 Å². The molecule has 2 bridgehead atoms. The predicted molar refractivity (Wildman–Crippen MR) is 103 cm³/mol. The van der Waals surface area contributed by atoms with Crippen LogP contribution in [-0.4, -0.2) is 40.2 Å². The van der Waals surface area contributed by atoms with Gasteiger partial charge in [-0.2, -0.15) is 4.98 Å². The minimum atomic E-state index is -0.990. The zero-order valence-corrected chi connectivity index (χ0v) is 15.7. The Morgan fingerprint density at radius 3 is 2.69 bits per heavy atom. The molecule has 7 heteroatoms. The van der Waals surface area contributed by atoms with Crippen LogP contribution in [0.5, 0.6) is 0 Å². The number of benzene rings is 1. The van der Waals surface area contributed by atoms with Crippen molar-refractivity contribution in [2.75, 3.05) is 18.0 Å². The molecule has 6 nitrogen and oxygen atoms in total. The van der Waals surface area contributed by atoms with E-state index in [2.05, 4.69) is 15.2 Å². The SMILES string of the molecule is CC(C)(O)c1ccc(-c2nccs2)c2oc(N3CC4CCC(C3)N4)nc12. The fourth-order valence-corrected chi connectivity index (χ4v) is 4.76. The van der Waals surface area contributed by atoms with Crippen molar-refractivity contribution in [3.63, 3.8) is 0 Å². The number of hydrogen-bond donors (Lipinski definition) is 2. The second kappa shape index (κ2) is 5.77. The highest BCUT2D eigenvalue weighted by molar-refractivity contribution is 7.13. The Morgan fingerprint density at radius 2 is 2.04 bits per heavy atom. The highest BCUT2D eigenvalue weighted by atomic mass is 32.1. The summed E-state index contributed by atoms with van der Waals surface area (Å²) < 4.78 is 6.27. The summed E-state index contributed by atoms with van der Waals surface area (Å²) in [6.07, 6.45) is 4.21. The standard InChI is InChI=1S/C19H22N4O2S/c1-19(2,24)14-6-5-13(17-20-7-8-26-17)16-15(14)22-18(25-16)23-9-11-3-4-12(10-23)21-11/h5-8,11-12,21,24H,3-4,9-10H2,1-2H3. The number of aromatic nitrogens is 2. The third kappa shape index (κ3) is 2.62. The van der Waals surface area contributed by atoms with Crippen molar-refractivity contribution in [3.8, 4) is 10.6 Å². The summed E-state index contributed by atoms with van der Waals surface area (Å²) >= 11 is 1.57. The molecular formula is C19H22N4O2S. The van der Waals surface area contributed by atoms with E-state index in [1.165, 1.54) is 12.8 Å². The maximum atomic E-state index is 10.6. The second-order valence-corrected chi connectivity index (χ2v) is 8.67. The number of piperazine rings is 1. The molecule has 2 aliphatic heterocycles. The summed E-state index contributed by atoms with van der Waals surface area (Å²) in [6, 6.07) is 5.58. The molecule has 2 fully saturated rings. The molecule has 2 aliphatic rings. The van der Waals surface area contributed by atoms with Crippen LogP contribution in [0.1, 0.15) is 32.3 Å². The van der Waals surface area contributed by atoms with Crippen molar-refractivity contribution in [1.29, 1.82) is 0 Å². The first kappa shape index (κ1) is 16.2. The zero-order valence-electron chi connectivity index (χ0n) is 14.9. The number of nitrogens with one attached hydrogen (secondary N) is 1. The number of rotatable bonds is 3. The van der Waals surface area contributed by atoms with Crippen molar-refractivity contribution in [2.45, 2.75) is 44.4 Å². The van der Waals surface area contributed by atoms with E-state index in [4.69, 9.17) is 9.40 Å². The van der Waals surface area contributed by atoms with E-state index in [1.807, 2.05) is 17.5 Å². The lowest BCUT2D eigenvalue weighted by molar-refractivity contribution is 0.0800. The average Bonchev–Trinajstić information content (AvgIpc) is 3.32. The fourth-order valence-electron chi connectivity index (χ4n) is 4.10. The molecule has 2 unspecified atom stereocenters. The lowest BCUT2D eigenvalue weighted by atomic mass is 9.95. The van der Waals surface area contributed by atoms with Gasteiger partial charge in [-0.25, -0.2) is 4.98 Å². The molecule has 0 radical (unpaired) electrons. The molecule has 2 aromatic heterocycles.